The van der Waals surface area contributed by atoms with E-state index in [0.29, 0.717) is 10.6 Å². The van der Waals surface area contributed by atoms with E-state index in [2.05, 4.69) is 5.32 Å². The van der Waals surface area contributed by atoms with Gasteiger partial charge in [-0.1, -0.05) is 29.8 Å². The van der Waals surface area contributed by atoms with Crippen LogP contribution in [0.3, 0.4) is 0 Å². The van der Waals surface area contributed by atoms with Gasteiger partial charge in [0, 0.05) is 16.3 Å². The van der Waals surface area contributed by atoms with E-state index in [1.807, 2.05) is 32.0 Å². The number of carbonyl (C=O) groups excluding carboxylic acids is 2. The van der Waals surface area contributed by atoms with Crippen LogP contribution in [-0.2, 0) is 4.79 Å². The molecular formula is C17H16ClNO2. The first-order valence-electron chi connectivity index (χ1n) is 6.62. The van der Waals surface area contributed by atoms with E-state index in [-0.39, 0.29) is 18.1 Å². The first kappa shape index (κ1) is 15.3. The average molecular weight is 302 g/mol. The normalized spacial score (nSPS) is 10.2. The van der Waals surface area contributed by atoms with Crippen LogP contribution in [0.4, 0.5) is 5.69 Å². The highest BCUT2D eigenvalue weighted by molar-refractivity contribution is 6.30. The molecule has 3 nitrogen and oxygen atoms in total. The minimum atomic E-state index is -0.313. The minimum absolute atomic E-state index is 0.185. The van der Waals surface area contributed by atoms with Gasteiger partial charge in [-0.3, -0.25) is 9.59 Å². The molecule has 0 aliphatic rings. The molecule has 0 saturated heterocycles. The van der Waals surface area contributed by atoms with E-state index >= 15 is 0 Å². The van der Waals surface area contributed by atoms with Crippen molar-refractivity contribution in [2.24, 2.45) is 0 Å². The van der Waals surface area contributed by atoms with Gasteiger partial charge in [0.2, 0.25) is 5.91 Å². The van der Waals surface area contributed by atoms with Gasteiger partial charge in [-0.25, -0.2) is 0 Å². The summed E-state index contributed by atoms with van der Waals surface area (Å²) in [4.78, 5) is 24.0. The Bertz CT molecular complexity index is 657. The molecule has 0 unspecified atom stereocenters. The Morgan fingerprint density at radius 1 is 1.00 bits per heavy atom. The second kappa shape index (κ2) is 6.55. The monoisotopic (exact) mass is 301 g/mol. The number of rotatable bonds is 4. The largest absolute Gasteiger partial charge is 0.325 e. The van der Waals surface area contributed by atoms with Gasteiger partial charge in [0.25, 0.3) is 0 Å². The van der Waals surface area contributed by atoms with Gasteiger partial charge in [0.15, 0.2) is 5.78 Å². The van der Waals surface area contributed by atoms with Crippen molar-refractivity contribution in [3.8, 4) is 0 Å². The highest BCUT2D eigenvalue weighted by Crippen LogP contribution is 2.20. The molecule has 0 aliphatic heterocycles. The first-order valence-corrected chi connectivity index (χ1v) is 7.00. The molecule has 0 aliphatic carbocycles. The van der Waals surface area contributed by atoms with Crippen molar-refractivity contribution in [2.75, 3.05) is 5.32 Å². The zero-order valence-corrected chi connectivity index (χ0v) is 12.7. The van der Waals surface area contributed by atoms with Gasteiger partial charge in [0.05, 0.1) is 6.42 Å². The quantitative estimate of drug-likeness (QED) is 0.680. The second-order valence-electron chi connectivity index (χ2n) is 4.92. The van der Waals surface area contributed by atoms with E-state index in [9.17, 15) is 9.59 Å². The molecule has 1 N–H and O–H groups in total. The Balaban J connectivity index is 2.05. The van der Waals surface area contributed by atoms with E-state index in [0.717, 1.165) is 16.8 Å². The lowest BCUT2D eigenvalue weighted by molar-refractivity contribution is -0.115. The Morgan fingerprint density at radius 3 is 2.14 bits per heavy atom. The number of amides is 1. The molecule has 108 valence electrons. The van der Waals surface area contributed by atoms with Crippen molar-refractivity contribution in [1.29, 1.82) is 0 Å². The van der Waals surface area contributed by atoms with Crippen molar-refractivity contribution < 1.29 is 9.59 Å². The third-order valence-electron chi connectivity index (χ3n) is 3.23. The van der Waals surface area contributed by atoms with Crippen LogP contribution in [0.1, 0.15) is 27.9 Å². The van der Waals surface area contributed by atoms with Crippen molar-refractivity contribution in [2.45, 2.75) is 20.3 Å². The molecule has 21 heavy (non-hydrogen) atoms. The third-order valence-corrected chi connectivity index (χ3v) is 3.48. The molecule has 0 aromatic heterocycles. The fourth-order valence-electron chi connectivity index (χ4n) is 2.08. The van der Waals surface area contributed by atoms with Crippen LogP contribution in [0, 0.1) is 13.8 Å². The summed E-state index contributed by atoms with van der Waals surface area (Å²) in [5.74, 6) is -0.539. The Labute approximate surface area is 128 Å². The smallest absolute Gasteiger partial charge is 0.232 e. The molecule has 0 atom stereocenters. The van der Waals surface area contributed by atoms with Crippen LogP contribution in [0.15, 0.2) is 42.5 Å². The molecular weight excluding hydrogens is 286 g/mol. The first-order chi connectivity index (χ1) is 9.97. The van der Waals surface area contributed by atoms with Crippen molar-refractivity contribution in [3.05, 3.63) is 64.2 Å². The minimum Gasteiger partial charge on any atom is -0.325 e. The summed E-state index contributed by atoms with van der Waals surface area (Å²) in [7, 11) is 0. The Morgan fingerprint density at radius 2 is 1.57 bits per heavy atom. The van der Waals surface area contributed by atoms with E-state index in [1.165, 1.54) is 0 Å². The van der Waals surface area contributed by atoms with Crippen LogP contribution in [0.2, 0.25) is 5.02 Å². The predicted molar refractivity (Wildman–Crippen MR) is 84.9 cm³/mol. The lowest BCUT2D eigenvalue weighted by Crippen LogP contribution is -2.17. The number of Topliss-reactive ketones (excluding diaryl/α,β-unsaturated/α-hetero) is 1. The molecule has 0 saturated carbocycles. The topological polar surface area (TPSA) is 46.2 Å². The maximum Gasteiger partial charge on any atom is 0.232 e. The van der Waals surface area contributed by atoms with Gasteiger partial charge in [-0.15, -0.1) is 0 Å². The number of aryl methyl sites for hydroxylation is 2. The number of carbonyl (C=O) groups is 2. The fraction of sp³-hybridized carbons (Fsp3) is 0.176. The van der Waals surface area contributed by atoms with Crippen LogP contribution < -0.4 is 5.32 Å². The van der Waals surface area contributed by atoms with Crippen LogP contribution in [0.5, 0.6) is 0 Å². The summed E-state index contributed by atoms with van der Waals surface area (Å²) in [6, 6.07) is 12.3. The summed E-state index contributed by atoms with van der Waals surface area (Å²) in [5, 5.41) is 3.37. The number of hydrogen-bond acceptors (Lipinski definition) is 2. The Kier molecular flexibility index (Phi) is 4.76. The van der Waals surface area contributed by atoms with Crippen molar-refractivity contribution in [1.82, 2.24) is 0 Å². The molecule has 0 fully saturated rings. The fourth-order valence-corrected chi connectivity index (χ4v) is 2.20. The SMILES string of the molecule is Cc1cccc(C)c1NC(=O)CC(=O)c1ccc(Cl)cc1. The lowest BCUT2D eigenvalue weighted by atomic mass is 10.1. The van der Waals surface area contributed by atoms with E-state index < -0.39 is 0 Å². The number of anilines is 1. The standard InChI is InChI=1S/C17H16ClNO2/c1-11-4-3-5-12(2)17(11)19-16(21)10-15(20)13-6-8-14(18)9-7-13/h3-9H,10H2,1-2H3,(H,19,21). The summed E-state index contributed by atoms with van der Waals surface area (Å²) >= 11 is 5.77. The van der Waals surface area contributed by atoms with Gasteiger partial charge in [0.1, 0.15) is 0 Å². The maximum atomic E-state index is 12.0. The third kappa shape index (κ3) is 3.92. The molecule has 0 spiro atoms. The highest BCUT2D eigenvalue weighted by Gasteiger charge is 2.13. The molecule has 1 amide bonds. The van der Waals surface area contributed by atoms with Crippen molar-refractivity contribution in [3.63, 3.8) is 0 Å². The van der Waals surface area contributed by atoms with Crippen molar-refractivity contribution >= 4 is 29.0 Å². The van der Waals surface area contributed by atoms with Crippen LogP contribution in [-0.4, -0.2) is 11.7 Å². The second-order valence-corrected chi connectivity index (χ2v) is 5.36. The number of hydrogen-bond donors (Lipinski definition) is 1. The average Bonchev–Trinajstić information content (AvgIpc) is 2.43. The van der Waals surface area contributed by atoms with E-state index in [4.69, 9.17) is 11.6 Å². The molecule has 0 heterocycles. The van der Waals surface area contributed by atoms with E-state index in [1.54, 1.807) is 24.3 Å². The summed E-state index contributed by atoms with van der Waals surface area (Å²) in [6.45, 7) is 3.84. The predicted octanol–water partition coefficient (Wildman–Crippen LogP) is 4.17. The molecule has 0 radical (unpaired) electrons. The molecule has 2 aromatic carbocycles. The van der Waals surface area contributed by atoms with Gasteiger partial charge in [-0.2, -0.15) is 0 Å². The summed E-state index contributed by atoms with van der Waals surface area (Å²) in [5.41, 5.74) is 3.20. The van der Waals surface area contributed by atoms with Gasteiger partial charge < -0.3 is 5.32 Å². The number of nitrogens with one attached hydrogen (secondary N) is 1. The Hall–Kier alpha value is -2.13. The zero-order valence-electron chi connectivity index (χ0n) is 11.9. The van der Waals surface area contributed by atoms with Gasteiger partial charge in [-0.05, 0) is 49.2 Å². The highest BCUT2D eigenvalue weighted by atomic mass is 35.5. The number of ketones is 1. The molecule has 0 bridgehead atoms. The number of benzene rings is 2. The number of para-hydroxylation sites is 1. The summed E-state index contributed by atoms with van der Waals surface area (Å²) in [6.07, 6.45) is -0.185. The zero-order chi connectivity index (χ0) is 15.4. The maximum absolute atomic E-state index is 12.0. The van der Waals surface area contributed by atoms with Crippen LogP contribution in [0.25, 0.3) is 0 Å². The lowest BCUT2D eigenvalue weighted by Gasteiger charge is -2.11. The molecule has 2 rings (SSSR count). The van der Waals surface area contributed by atoms with Crippen LogP contribution >= 0.6 is 11.6 Å². The molecule has 2 aromatic rings. The summed E-state index contributed by atoms with van der Waals surface area (Å²) < 4.78 is 0. The number of halogens is 1. The van der Waals surface area contributed by atoms with Gasteiger partial charge >= 0.3 is 0 Å². The molecule has 4 heteroatoms.